The summed E-state index contributed by atoms with van der Waals surface area (Å²) in [6, 6.07) is 10.9. The number of fused-ring (bicyclic) bond motifs is 3. The first-order chi connectivity index (χ1) is 13.2. The molecule has 2 heterocycles. The van der Waals surface area contributed by atoms with Gasteiger partial charge in [-0.1, -0.05) is 58.8 Å². The zero-order valence-corrected chi connectivity index (χ0v) is 17.3. The number of rotatable bonds is 2. The smallest absolute Gasteiger partial charge is 0.105 e. The summed E-state index contributed by atoms with van der Waals surface area (Å²) >= 11 is 3.84. The SMILES string of the molecule is CC1C=C2c3ccc#cc3NC2C(C2=NC(Br)CC(C3=CC=CCC3)C2)C1. The molecule has 2 nitrogen and oxygen atoms in total. The Kier molecular flexibility index (Phi) is 4.48. The molecule has 1 aromatic rings. The van der Waals surface area contributed by atoms with Crippen molar-refractivity contribution in [2.24, 2.45) is 22.7 Å². The van der Waals surface area contributed by atoms with Gasteiger partial charge in [0.25, 0.3) is 0 Å². The van der Waals surface area contributed by atoms with Gasteiger partial charge in [0.05, 0.1) is 11.7 Å². The van der Waals surface area contributed by atoms with Crippen LogP contribution >= 0.6 is 15.9 Å². The fourth-order valence-electron chi connectivity index (χ4n) is 5.24. The van der Waals surface area contributed by atoms with E-state index in [1.807, 2.05) is 6.07 Å². The Bertz CT molecular complexity index is 863. The second kappa shape index (κ2) is 6.99. The molecule has 0 amide bonds. The average molecular weight is 421 g/mol. The maximum atomic E-state index is 5.11. The molecule has 0 spiro atoms. The molecule has 0 radical (unpaired) electrons. The summed E-state index contributed by atoms with van der Waals surface area (Å²) in [6.45, 7) is 2.34. The second-order valence-corrected chi connectivity index (χ2v) is 9.41. The van der Waals surface area contributed by atoms with Crippen molar-refractivity contribution in [1.82, 2.24) is 0 Å². The van der Waals surface area contributed by atoms with Crippen LogP contribution in [-0.2, 0) is 0 Å². The second-order valence-electron chi connectivity index (χ2n) is 8.35. The third kappa shape index (κ3) is 3.19. The molecule has 2 aliphatic carbocycles. The molecule has 5 atom stereocenters. The minimum Gasteiger partial charge on any atom is -0.370 e. The summed E-state index contributed by atoms with van der Waals surface area (Å²) in [5.41, 5.74) is 6.86. The van der Waals surface area contributed by atoms with Crippen LogP contribution in [0, 0.1) is 29.9 Å². The van der Waals surface area contributed by atoms with E-state index in [0.29, 0.717) is 23.8 Å². The molecule has 0 aromatic heterocycles. The molecular formula is C24H25BrN2. The Morgan fingerprint density at radius 3 is 3.07 bits per heavy atom. The molecule has 1 N–H and O–H groups in total. The molecule has 0 fully saturated rings. The highest BCUT2D eigenvalue weighted by molar-refractivity contribution is 9.09. The van der Waals surface area contributed by atoms with Crippen LogP contribution < -0.4 is 5.32 Å². The Morgan fingerprint density at radius 2 is 2.22 bits per heavy atom. The van der Waals surface area contributed by atoms with Crippen molar-refractivity contribution in [1.29, 1.82) is 0 Å². The topological polar surface area (TPSA) is 24.4 Å². The van der Waals surface area contributed by atoms with Crippen molar-refractivity contribution in [3.8, 4) is 0 Å². The van der Waals surface area contributed by atoms with Gasteiger partial charge in [0.2, 0.25) is 0 Å². The zero-order chi connectivity index (χ0) is 18.4. The molecule has 2 aliphatic heterocycles. The minimum atomic E-state index is 0.242. The summed E-state index contributed by atoms with van der Waals surface area (Å²) in [6.07, 6.45) is 15.1. The monoisotopic (exact) mass is 420 g/mol. The van der Waals surface area contributed by atoms with Crippen molar-refractivity contribution in [2.45, 2.75) is 50.0 Å². The van der Waals surface area contributed by atoms with E-state index in [1.54, 1.807) is 5.57 Å². The lowest BCUT2D eigenvalue weighted by Gasteiger charge is -2.37. The van der Waals surface area contributed by atoms with Crippen LogP contribution in [-0.4, -0.2) is 16.7 Å². The van der Waals surface area contributed by atoms with E-state index in [1.165, 1.54) is 36.1 Å². The van der Waals surface area contributed by atoms with Gasteiger partial charge < -0.3 is 5.32 Å². The van der Waals surface area contributed by atoms with E-state index in [-0.39, 0.29) is 4.95 Å². The molecule has 1 aromatic carbocycles. The fourth-order valence-corrected chi connectivity index (χ4v) is 5.96. The van der Waals surface area contributed by atoms with Crippen molar-refractivity contribution in [3.05, 3.63) is 59.7 Å². The maximum Gasteiger partial charge on any atom is 0.105 e. The van der Waals surface area contributed by atoms with Crippen LogP contribution in [0.4, 0.5) is 5.69 Å². The van der Waals surface area contributed by atoms with Gasteiger partial charge in [-0.3, -0.25) is 4.99 Å². The van der Waals surface area contributed by atoms with Crippen LogP contribution in [0.25, 0.3) is 5.57 Å². The number of hydrogen-bond acceptors (Lipinski definition) is 2. The predicted octanol–water partition coefficient (Wildman–Crippen LogP) is 5.97. The summed E-state index contributed by atoms with van der Waals surface area (Å²) in [5, 5.41) is 3.74. The highest BCUT2D eigenvalue weighted by Gasteiger charge is 2.41. The largest absolute Gasteiger partial charge is 0.370 e. The van der Waals surface area contributed by atoms with E-state index in [2.05, 4.69) is 70.7 Å². The van der Waals surface area contributed by atoms with Gasteiger partial charge in [-0.25, -0.2) is 0 Å². The molecule has 0 bridgehead atoms. The van der Waals surface area contributed by atoms with Crippen LogP contribution in [0.15, 0.2) is 47.0 Å². The Hall–Kier alpha value is -1.79. The number of allylic oxidation sites excluding steroid dienone is 5. The lowest BCUT2D eigenvalue weighted by atomic mass is 9.72. The number of hydrogen-bond donors (Lipinski definition) is 1. The number of alkyl halides is 1. The fraction of sp³-hybridized carbons (Fsp3) is 0.458. The van der Waals surface area contributed by atoms with E-state index in [9.17, 15) is 0 Å². The first-order valence-electron chi connectivity index (χ1n) is 10.2. The van der Waals surface area contributed by atoms with Gasteiger partial charge in [0.1, 0.15) is 4.95 Å². The maximum absolute atomic E-state index is 5.11. The summed E-state index contributed by atoms with van der Waals surface area (Å²) in [7, 11) is 0. The lowest BCUT2D eigenvalue weighted by Crippen LogP contribution is -2.39. The van der Waals surface area contributed by atoms with E-state index in [0.717, 1.165) is 18.5 Å². The molecular weight excluding hydrogens is 396 g/mol. The first-order valence-corrected chi connectivity index (χ1v) is 11.1. The third-order valence-electron chi connectivity index (χ3n) is 6.48. The minimum absolute atomic E-state index is 0.242. The number of nitrogens with one attached hydrogen (secondary N) is 1. The van der Waals surface area contributed by atoms with Gasteiger partial charge in [-0.05, 0) is 67.7 Å². The van der Waals surface area contributed by atoms with Crippen molar-refractivity contribution in [3.63, 3.8) is 0 Å². The molecule has 5 rings (SSSR count). The highest BCUT2D eigenvalue weighted by Crippen LogP contribution is 2.45. The van der Waals surface area contributed by atoms with Crippen molar-refractivity contribution >= 4 is 32.9 Å². The standard InChI is InChI=1S/C24H25BrN2/c1-15-11-19-18-9-5-6-10-21(18)27-24(19)20(12-15)22-13-17(14-23(25)26-22)16-7-3-2-4-8-16/h2-3,5,7,9,11,15,17,20,23-24,27H,4,8,12-14H2,1H3. The summed E-state index contributed by atoms with van der Waals surface area (Å²) in [5.74, 6) is 1.66. The van der Waals surface area contributed by atoms with Crippen molar-refractivity contribution in [2.75, 3.05) is 5.32 Å². The highest BCUT2D eigenvalue weighted by atomic mass is 79.9. The van der Waals surface area contributed by atoms with Gasteiger partial charge in [0.15, 0.2) is 0 Å². The summed E-state index contributed by atoms with van der Waals surface area (Å²) in [4.78, 5) is 5.35. The van der Waals surface area contributed by atoms with Crippen LogP contribution in [0.1, 0.15) is 44.6 Å². The number of aliphatic imine (C=N–C) groups is 1. The molecule has 138 valence electrons. The van der Waals surface area contributed by atoms with Crippen LogP contribution in [0.5, 0.6) is 0 Å². The number of nitrogens with zero attached hydrogens (tertiary/aromatic N) is 1. The van der Waals surface area contributed by atoms with E-state index >= 15 is 0 Å². The third-order valence-corrected chi connectivity index (χ3v) is 7.06. The molecule has 4 aliphatic rings. The molecule has 27 heavy (non-hydrogen) atoms. The predicted molar refractivity (Wildman–Crippen MR) is 116 cm³/mol. The number of anilines is 1. The normalized spacial score (nSPS) is 34.4. The Balaban J connectivity index is 1.45. The lowest BCUT2D eigenvalue weighted by molar-refractivity contribution is 0.458. The van der Waals surface area contributed by atoms with Gasteiger partial charge in [-0.15, -0.1) is 0 Å². The molecule has 0 saturated carbocycles. The quantitative estimate of drug-likeness (QED) is 0.462. The Morgan fingerprint density at radius 1 is 1.30 bits per heavy atom. The van der Waals surface area contributed by atoms with Crippen LogP contribution in [0.2, 0.25) is 0 Å². The first kappa shape index (κ1) is 17.3. The van der Waals surface area contributed by atoms with E-state index < -0.39 is 0 Å². The number of halogens is 1. The van der Waals surface area contributed by atoms with Gasteiger partial charge in [-0.2, -0.15) is 0 Å². The van der Waals surface area contributed by atoms with Crippen LogP contribution in [0.3, 0.4) is 0 Å². The molecule has 0 saturated heterocycles. The molecule has 3 heteroatoms. The van der Waals surface area contributed by atoms with Crippen molar-refractivity contribution < 1.29 is 0 Å². The zero-order valence-electron chi connectivity index (χ0n) is 15.7. The van der Waals surface area contributed by atoms with Gasteiger partial charge in [0, 0.05) is 17.2 Å². The Labute approximate surface area is 170 Å². The average Bonchev–Trinajstić information content (AvgIpc) is 3.06. The van der Waals surface area contributed by atoms with E-state index in [4.69, 9.17) is 4.99 Å². The van der Waals surface area contributed by atoms with Gasteiger partial charge >= 0.3 is 0 Å². The molecule has 5 unspecified atom stereocenters. The summed E-state index contributed by atoms with van der Waals surface area (Å²) < 4.78 is 0.